The fraction of sp³-hybridized carbons (Fsp3) is 0.333. The van der Waals surface area contributed by atoms with Gasteiger partial charge < -0.3 is 14.5 Å². The quantitative estimate of drug-likeness (QED) is 0.392. The molecule has 1 aliphatic heterocycles. The van der Waals surface area contributed by atoms with Crippen molar-refractivity contribution >= 4 is 23.2 Å². The summed E-state index contributed by atoms with van der Waals surface area (Å²) in [6, 6.07) is 23.2. The van der Waals surface area contributed by atoms with Gasteiger partial charge in [-0.25, -0.2) is 0 Å². The predicted molar refractivity (Wildman–Crippen MR) is 141 cm³/mol. The van der Waals surface area contributed by atoms with Crippen molar-refractivity contribution in [1.29, 1.82) is 0 Å². The average molecular weight is 471 g/mol. The van der Waals surface area contributed by atoms with E-state index >= 15 is 0 Å². The van der Waals surface area contributed by atoms with E-state index < -0.39 is 0 Å². The summed E-state index contributed by atoms with van der Waals surface area (Å²) in [5.41, 5.74) is 4.62. The number of anilines is 2. The van der Waals surface area contributed by atoms with Crippen LogP contribution in [-0.2, 0) is 11.2 Å². The molecule has 0 fully saturated rings. The lowest BCUT2D eigenvalue weighted by Crippen LogP contribution is -2.47. The number of nitrogens with zero attached hydrogens (tertiary/aromatic N) is 2. The minimum Gasteiger partial charge on any atom is -0.497 e. The van der Waals surface area contributed by atoms with Crippen LogP contribution < -0.4 is 14.5 Å². The first-order valence-corrected chi connectivity index (χ1v) is 12.4. The molecular weight excluding hydrogens is 436 g/mol. The number of hydrogen-bond donors (Lipinski definition) is 0. The number of methoxy groups -OCH3 is 1. The number of carbonyl (C=O) groups is 2. The van der Waals surface area contributed by atoms with Crippen LogP contribution in [0.25, 0.3) is 0 Å². The lowest BCUT2D eigenvalue weighted by Gasteiger charge is -2.43. The largest absolute Gasteiger partial charge is 0.497 e. The van der Waals surface area contributed by atoms with Crippen LogP contribution in [0.4, 0.5) is 11.4 Å². The summed E-state index contributed by atoms with van der Waals surface area (Å²) in [5, 5.41) is 0. The molecule has 0 spiro atoms. The number of benzene rings is 3. The summed E-state index contributed by atoms with van der Waals surface area (Å²) in [7, 11) is 1.61. The van der Waals surface area contributed by atoms with Crippen LogP contribution in [0, 0.1) is 0 Å². The lowest BCUT2D eigenvalue weighted by molar-refractivity contribution is -0.117. The van der Waals surface area contributed by atoms with Crippen molar-refractivity contribution in [3.8, 4) is 5.75 Å². The van der Waals surface area contributed by atoms with Gasteiger partial charge in [-0.15, -0.1) is 0 Å². The molecule has 1 aliphatic rings. The summed E-state index contributed by atoms with van der Waals surface area (Å²) in [6.45, 7) is 5.86. The van der Waals surface area contributed by atoms with Gasteiger partial charge in [0.05, 0.1) is 13.2 Å². The Hall–Kier alpha value is -3.60. The van der Waals surface area contributed by atoms with E-state index in [0.717, 1.165) is 36.2 Å². The number of ether oxygens (including phenoxy) is 1. The highest BCUT2D eigenvalue weighted by Gasteiger charge is 2.38. The molecular formula is C30H34N2O3. The third-order valence-electron chi connectivity index (χ3n) is 6.80. The van der Waals surface area contributed by atoms with Crippen LogP contribution in [-0.4, -0.2) is 25.0 Å². The highest BCUT2D eigenvalue weighted by molar-refractivity contribution is 6.07. The number of rotatable bonds is 7. The molecule has 0 aromatic heterocycles. The Morgan fingerprint density at radius 1 is 1.00 bits per heavy atom. The molecule has 35 heavy (non-hydrogen) atoms. The third-order valence-corrected chi connectivity index (χ3v) is 6.80. The second-order valence-corrected chi connectivity index (χ2v) is 9.22. The number of para-hydroxylation sites is 1. The minimum absolute atomic E-state index is 0.00626. The molecule has 2 amide bonds. The lowest BCUT2D eigenvalue weighted by atomic mass is 9.89. The summed E-state index contributed by atoms with van der Waals surface area (Å²) >= 11 is 0. The molecule has 5 nitrogen and oxygen atoms in total. The molecule has 0 N–H and O–H groups in total. The van der Waals surface area contributed by atoms with Crippen LogP contribution in [0.1, 0.15) is 67.6 Å². The molecule has 0 saturated heterocycles. The SMILES string of the molecule is CCCCc1ccc(N(C(C)=O)C2CC(C)N(C(=O)c3ccc(OC)cc3)c3ccccc32)cc1. The molecule has 1 heterocycles. The van der Waals surface area contributed by atoms with Crippen LogP contribution in [0.5, 0.6) is 5.75 Å². The van der Waals surface area contributed by atoms with Crippen molar-refractivity contribution in [2.24, 2.45) is 0 Å². The number of fused-ring (bicyclic) bond motifs is 1. The number of hydrogen-bond acceptors (Lipinski definition) is 3. The van der Waals surface area contributed by atoms with Gasteiger partial charge in [-0.2, -0.15) is 0 Å². The van der Waals surface area contributed by atoms with E-state index in [1.165, 1.54) is 5.56 Å². The van der Waals surface area contributed by atoms with E-state index in [2.05, 4.69) is 38.1 Å². The molecule has 0 bridgehead atoms. The maximum atomic E-state index is 13.6. The fourth-order valence-corrected chi connectivity index (χ4v) is 4.99. The zero-order valence-electron chi connectivity index (χ0n) is 21.0. The van der Waals surface area contributed by atoms with E-state index in [0.29, 0.717) is 17.7 Å². The molecule has 182 valence electrons. The van der Waals surface area contributed by atoms with Crippen molar-refractivity contribution in [2.75, 3.05) is 16.9 Å². The Morgan fingerprint density at radius 2 is 1.69 bits per heavy atom. The van der Waals surface area contributed by atoms with Crippen molar-refractivity contribution < 1.29 is 14.3 Å². The Balaban J connectivity index is 1.69. The first-order chi connectivity index (χ1) is 16.9. The van der Waals surface area contributed by atoms with E-state index in [9.17, 15) is 9.59 Å². The smallest absolute Gasteiger partial charge is 0.258 e. The second kappa shape index (κ2) is 10.8. The Morgan fingerprint density at radius 3 is 2.31 bits per heavy atom. The standard InChI is InChI=1S/C30H34N2O3/c1-5-6-9-23-12-16-25(17-13-23)32(22(3)33)29-20-21(2)31(28-11-8-7-10-27(28)29)30(34)24-14-18-26(35-4)19-15-24/h7-8,10-19,21,29H,5-6,9,20H2,1-4H3. The summed E-state index contributed by atoms with van der Waals surface area (Å²) in [4.78, 5) is 30.3. The van der Waals surface area contributed by atoms with Gasteiger partial charge in [0.25, 0.3) is 5.91 Å². The van der Waals surface area contributed by atoms with Gasteiger partial charge in [0.1, 0.15) is 5.75 Å². The van der Waals surface area contributed by atoms with Gasteiger partial charge in [0.2, 0.25) is 5.91 Å². The molecule has 2 atom stereocenters. The van der Waals surface area contributed by atoms with Crippen LogP contribution in [0.15, 0.2) is 72.8 Å². The molecule has 3 aromatic carbocycles. The predicted octanol–water partition coefficient (Wildman–Crippen LogP) is 6.57. The molecule has 3 aromatic rings. The molecule has 0 radical (unpaired) electrons. The Labute approximate surface area is 208 Å². The van der Waals surface area contributed by atoms with Crippen molar-refractivity contribution in [3.05, 3.63) is 89.5 Å². The van der Waals surface area contributed by atoms with E-state index in [1.54, 1.807) is 38.3 Å². The number of amides is 2. The zero-order valence-corrected chi connectivity index (χ0v) is 21.0. The van der Waals surface area contributed by atoms with Gasteiger partial charge in [0.15, 0.2) is 0 Å². The van der Waals surface area contributed by atoms with Crippen molar-refractivity contribution in [2.45, 2.75) is 58.5 Å². The van der Waals surface area contributed by atoms with Crippen molar-refractivity contribution in [1.82, 2.24) is 0 Å². The van der Waals surface area contributed by atoms with Gasteiger partial charge in [0, 0.05) is 29.9 Å². The molecule has 0 aliphatic carbocycles. The van der Waals surface area contributed by atoms with E-state index in [4.69, 9.17) is 4.74 Å². The van der Waals surface area contributed by atoms with E-state index in [1.807, 2.05) is 34.1 Å². The first-order valence-electron chi connectivity index (χ1n) is 12.4. The number of aryl methyl sites for hydroxylation is 1. The van der Waals surface area contributed by atoms with Crippen LogP contribution in [0.2, 0.25) is 0 Å². The van der Waals surface area contributed by atoms with Gasteiger partial charge >= 0.3 is 0 Å². The minimum atomic E-state index is -0.153. The summed E-state index contributed by atoms with van der Waals surface area (Å²) in [6.07, 6.45) is 4.00. The zero-order chi connectivity index (χ0) is 24.9. The van der Waals surface area contributed by atoms with Gasteiger partial charge in [-0.1, -0.05) is 43.7 Å². The van der Waals surface area contributed by atoms with Gasteiger partial charge in [-0.3, -0.25) is 9.59 Å². The van der Waals surface area contributed by atoms with Crippen LogP contribution >= 0.6 is 0 Å². The summed E-state index contributed by atoms with van der Waals surface area (Å²) < 4.78 is 5.24. The third kappa shape index (κ3) is 5.09. The maximum Gasteiger partial charge on any atom is 0.258 e. The molecule has 5 heteroatoms. The molecule has 2 unspecified atom stereocenters. The average Bonchev–Trinajstić information content (AvgIpc) is 2.88. The van der Waals surface area contributed by atoms with Crippen LogP contribution in [0.3, 0.4) is 0 Å². The number of carbonyl (C=O) groups excluding carboxylic acids is 2. The first kappa shape index (κ1) is 24.5. The number of unbranched alkanes of at least 4 members (excludes halogenated alkanes) is 1. The monoisotopic (exact) mass is 470 g/mol. The highest BCUT2D eigenvalue weighted by Crippen LogP contribution is 2.42. The van der Waals surface area contributed by atoms with E-state index in [-0.39, 0.29) is 23.9 Å². The second-order valence-electron chi connectivity index (χ2n) is 9.22. The Kier molecular flexibility index (Phi) is 7.54. The normalized spacial score (nSPS) is 17.0. The topological polar surface area (TPSA) is 49.9 Å². The fourth-order valence-electron chi connectivity index (χ4n) is 4.99. The van der Waals surface area contributed by atoms with Gasteiger partial charge in [-0.05, 0) is 79.8 Å². The Bertz CT molecular complexity index is 1170. The maximum absolute atomic E-state index is 13.6. The highest BCUT2D eigenvalue weighted by atomic mass is 16.5. The molecule has 0 saturated carbocycles. The van der Waals surface area contributed by atoms with Crippen molar-refractivity contribution in [3.63, 3.8) is 0 Å². The summed E-state index contributed by atoms with van der Waals surface area (Å²) in [5.74, 6) is 0.653. The molecule has 4 rings (SSSR count).